The van der Waals surface area contributed by atoms with Gasteiger partial charge in [0, 0.05) is 24.1 Å². The highest BCUT2D eigenvalue weighted by molar-refractivity contribution is 5.82. The monoisotopic (exact) mass is 424 g/mol. The van der Waals surface area contributed by atoms with Crippen molar-refractivity contribution in [2.75, 3.05) is 11.4 Å². The minimum Gasteiger partial charge on any atom is -0.341 e. The number of nitrogens with one attached hydrogen (secondary N) is 1. The standard InChI is InChI=1S/C26H27F3N2/c1-17-14-22(10-6-20(17)16-30)31-13-12-25(2,3)23-15-19(7-11-24(23)31)18-4-8-21(9-5-18)26(27,28)29/h4-8,10-11,14-16,21,30H,9,12-13H2,1-3H3. The van der Waals surface area contributed by atoms with Crippen LogP contribution in [0.1, 0.15) is 48.9 Å². The van der Waals surface area contributed by atoms with Gasteiger partial charge in [0.05, 0.1) is 5.92 Å². The molecule has 1 N–H and O–H groups in total. The second-order valence-corrected chi connectivity index (χ2v) is 9.11. The quantitative estimate of drug-likeness (QED) is 0.513. The van der Waals surface area contributed by atoms with E-state index in [1.54, 1.807) is 12.2 Å². The fourth-order valence-electron chi connectivity index (χ4n) is 4.47. The molecule has 0 bridgehead atoms. The second kappa shape index (κ2) is 7.70. The Hall–Kier alpha value is -2.82. The number of allylic oxidation sites excluding steroid dienone is 4. The van der Waals surface area contributed by atoms with Crippen molar-refractivity contribution in [1.82, 2.24) is 0 Å². The molecule has 162 valence electrons. The summed E-state index contributed by atoms with van der Waals surface area (Å²) in [5, 5.41) is 7.52. The van der Waals surface area contributed by atoms with Crippen molar-refractivity contribution in [2.45, 2.75) is 45.2 Å². The van der Waals surface area contributed by atoms with E-state index < -0.39 is 12.1 Å². The number of halogens is 3. The Kier molecular flexibility index (Phi) is 5.32. The largest absolute Gasteiger partial charge is 0.395 e. The van der Waals surface area contributed by atoms with Crippen LogP contribution in [-0.2, 0) is 5.41 Å². The third-order valence-electron chi connectivity index (χ3n) is 6.55. The molecular formula is C26H27F3N2. The molecule has 1 unspecified atom stereocenters. The molecule has 2 aromatic rings. The van der Waals surface area contributed by atoms with E-state index in [1.807, 2.05) is 25.1 Å². The highest BCUT2D eigenvalue weighted by Crippen LogP contribution is 2.44. The summed E-state index contributed by atoms with van der Waals surface area (Å²) in [6.45, 7) is 7.35. The molecule has 1 atom stereocenters. The first-order valence-corrected chi connectivity index (χ1v) is 10.6. The molecule has 0 radical (unpaired) electrons. The summed E-state index contributed by atoms with van der Waals surface area (Å²) in [6, 6.07) is 12.4. The van der Waals surface area contributed by atoms with Crippen LogP contribution >= 0.6 is 0 Å². The molecule has 1 aliphatic carbocycles. The normalized spacial score (nSPS) is 20.3. The van der Waals surface area contributed by atoms with Gasteiger partial charge in [0.2, 0.25) is 0 Å². The minimum atomic E-state index is -4.19. The number of alkyl halides is 3. The van der Waals surface area contributed by atoms with Crippen LogP contribution in [-0.4, -0.2) is 18.9 Å². The van der Waals surface area contributed by atoms with Gasteiger partial charge in [-0.1, -0.05) is 44.2 Å². The fraction of sp³-hybridized carbons (Fsp3) is 0.346. The van der Waals surface area contributed by atoms with Gasteiger partial charge in [-0.3, -0.25) is 0 Å². The first-order valence-electron chi connectivity index (χ1n) is 10.6. The Labute approximate surface area is 181 Å². The average Bonchev–Trinajstić information content (AvgIpc) is 2.73. The molecule has 2 aromatic carbocycles. The van der Waals surface area contributed by atoms with Crippen LogP contribution in [0.5, 0.6) is 0 Å². The van der Waals surface area contributed by atoms with Gasteiger partial charge in [0.1, 0.15) is 0 Å². The average molecular weight is 425 g/mol. The third kappa shape index (κ3) is 4.06. The summed E-state index contributed by atoms with van der Waals surface area (Å²) in [5.74, 6) is -1.40. The van der Waals surface area contributed by atoms with Crippen LogP contribution in [0.4, 0.5) is 24.5 Å². The third-order valence-corrected chi connectivity index (χ3v) is 6.55. The maximum Gasteiger partial charge on any atom is 0.395 e. The molecule has 0 spiro atoms. The van der Waals surface area contributed by atoms with Gasteiger partial charge < -0.3 is 10.3 Å². The smallest absolute Gasteiger partial charge is 0.341 e. The van der Waals surface area contributed by atoms with Crippen LogP contribution in [0.15, 0.2) is 54.6 Å². The van der Waals surface area contributed by atoms with Gasteiger partial charge in [-0.2, -0.15) is 13.2 Å². The minimum absolute atomic E-state index is 0.0133. The lowest BCUT2D eigenvalue weighted by Crippen LogP contribution is -2.34. The van der Waals surface area contributed by atoms with Crippen molar-refractivity contribution in [3.05, 3.63) is 76.9 Å². The number of fused-ring (bicyclic) bond motifs is 1. The summed E-state index contributed by atoms with van der Waals surface area (Å²) >= 11 is 0. The van der Waals surface area contributed by atoms with E-state index in [1.165, 1.54) is 17.9 Å². The first kappa shape index (κ1) is 21.4. The summed E-state index contributed by atoms with van der Waals surface area (Å²) < 4.78 is 38.9. The molecule has 0 aromatic heterocycles. The zero-order chi connectivity index (χ0) is 22.4. The topological polar surface area (TPSA) is 27.1 Å². The van der Waals surface area contributed by atoms with Crippen molar-refractivity contribution in [2.24, 2.45) is 5.92 Å². The summed E-state index contributed by atoms with van der Waals surface area (Å²) in [7, 11) is 0. The van der Waals surface area contributed by atoms with E-state index in [0.29, 0.717) is 0 Å². The van der Waals surface area contributed by atoms with Crippen LogP contribution in [0.3, 0.4) is 0 Å². The number of nitrogens with zero attached hydrogens (tertiary/aromatic N) is 1. The first-order chi connectivity index (χ1) is 14.6. The molecule has 0 fully saturated rings. The highest BCUT2D eigenvalue weighted by Gasteiger charge is 2.38. The summed E-state index contributed by atoms with van der Waals surface area (Å²) in [4.78, 5) is 2.30. The number of hydrogen-bond donors (Lipinski definition) is 1. The number of aryl methyl sites for hydroxylation is 1. The predicted octanol–water partition coefficient (Wildman–Crippen LogP) is 7.33. The molecule has 31 heavy (non-hydrogen) atoms. The second-order valence-electron chi connectivity index (χ2n) is 9.11. The summed E-state index contributed by atoms with van der Waals surface area (Å²) in [5.41, 5.74) is 7.18. The van der Waals surface area contributed by atoms with E-state index in [2.05, 4.69) is 36.9 Å². The van der Waals surface area contributed by atoms with Gasteiger partial charge in [0.25, 0.3) is 0 Å². The lowest BCUT2D eigenvalue weighted by atomic mass is 9.76. The van der Waals surface area contributed by atoms with E-state index in [9.17, 15) is 13.2 Å². The van der Waals surface area contributed by atoms with Crippen LogP contribution in [0.2, 0.25) is 0 Å². The number of anilines is 2. The molecule has 1 heterocycles. The van der Waals surface area contributed by atoms with Crippen LogP contribution < -0.4 is 4.90 Å². The van der Waals surface area contributed by atoms with Crippen molar-refractivity contribution in [1.29, 1.82) is 5.41 Å². The Morgan fingerprint density at radius 2 is 1.90 bits per heavy atom. The predicted molar refractivity (Wildman–Crippen MR) is 121 cm³/mol. The Morgan fingerprint density at radius 1 is 1.13 bits per heavy atom. The van der Waals surface area contributed by atoms with Crippen molar-refractivity contribution in [3.8, 4) is 0 Å². The lowest BCUT2D eigenvalue weighted by Gasteiger charge is -2.41. The summed E-state index contributed by atoms with van der Waals surface area (Å²) in [6.07, 6.45) is 2.72. The number of hydrogen-bond acceptors (Lipinski definition) is 2. The zero-order valence-electron chi connectivity index (χ0n) is 18.1. The van der Waals surface area contributed by atoms with Gasteiger partial charge in [-0.15, -0.1) is 0 Å². The fourth-order valence-corrected chi connectivity index (χ4v) is 4.47. The Morgan fingerprint density at radius 3 is 2.52 bits per heavy atom. The SMILES string of the molecule is Cc1cc(N2CCC(C)(C)c3cc(C4=CCC(C(F)(F)F)C=C4)ccc32)ccc1C=N. The zero-order valence-corrected chi connectivity index (χ0v) is 18.1. The van der Waals surface area contributed by atoms with Crippen molar-refractivity contribution < 1.29 is 13.2 Å². The molecule has 2 nitrogen and oxygen atoms in total. The molecule has 1 aliphatic heterocycles. The molecule has 0 saturated carbocycles. The van der Waals surface area contributed by atoms with Crippen LogP contribution in [0, 0.1) is 18.3 Å². The van der Waals surface area contributed by atoms with E-state index in [0.717, 1.165) is 46.6 Å². The van der Waals surface area contributed by atoms with Gasteiger partial charge in [-0.25, -0.2) is 0 Å². The molecule has 0 saturated heterocycles. The van der Waals surface area contributed by atoms with E-state index in [-0.39, 0.29) is 11.8 Å². The number of rotatable bonds is 3. The molecule has 4 rings (SSSR count). The number of benzene rings is 2. The maximum atomic E-state index is 13.0. The lowest BCUT2D eigenvalue weighted by molar-refractivity contribution is -0.160. The van der Waals surface area contributed by atoms with Gasteiger partial charge >= 0.3 is 6.18 Å². The Bertz CT molecular complexity index is 1080. The molecule has 0 amide bonds. The molecular weight excluding hydrogens is 397 g/mol. The Balaban J connectivity index is 1.70. The van der Waals surface area contributed by atoms with Crippen molar-refractivity contribution >= 4 is 23.2 Å². The van der Waals surface area contributed by atoms with Gasteiger partial charge in [-0.05, 0) is 77.3 Å². The highest BCUT2D eigenvalue weighted by atomic mass is 19.4. The van der Waals surface area contributed by atoms with Crippen molar-refractivity contribution in [3.63, 3.8) is 0 Å². The maximum absolute atomic E-state index is 13.0. The van der Waals surface area contributed by atoms with E-state index >= 15 is 0 Å². The van der Waals surface area contributed by atoms with Crippen LogP contribution in [0.25, 0.3) is 5.57 Å². The van der Waals surface area contributed by atoms with E-state index in [4.69, 9.17) is 5.41 Å². The molecule has 5 heteroatoms. The van der Waals surface area contributed by atoms with Gasteiger partial charge in [0.15, 0.2) is 0 Å². The molecule has 2 aliphatic rings.